The molecule has 68 valence electrons. The van der Waals surface area contributed by atoms with Crippen LogP contribution in [0.25, 0.3) is 0 Å². The maximum Gasteiger partial charge on any atom is 0.0964 e. The van der Waals surface area contributed by atoms with Crippen LogP contribution < -0.4 is 0 Å². The Kier molecular flexibility index (Phi) is 3.62. The van der Waals surface area contributed by atoms with Gasteiger partial charge >= 0.3 is 0 Å². The molecule has 0 saturated carbocycles. The van der Waals surface area contributed by atoms with Crippen molar-refractivity contribution >= 4 is 11.8 Å². The summed E-state index contributed by atoms with van der Waals surface area (Å²) < 4.78 is 1.71. The lowest BCUT2D eigenvalue weighted by Crippen LogP contribution is -2.05. The van der Waals surface area contributed by atoms with Gasteiger partial charge in [0.2, 0.25) is 0 Å². The minimum atomic E-state index is -0.370. The maximum absolute atomic E-state index is 9.65. The van der Waals surface area contributed by atoms with E-state index in [-0.39, 0.29) is 6.10 Å². The van der Waals surface area contributed by atoms with Crippen LogP contribution in [0.4, 0.5) is 0 Å². The van der Waals surface area contributed by atoms with Gasteiger partial charge < -0.3 is 5.11 Å². The Morgan fingerprint density at radius 2 is 2.50 bits per heavy atom. The second kappa shape index (κ2) is 4.52. The molecule has 12 heavy (non-hydrogen) atoms. The predicted molar refractivity (Wildman–Crippen MR) is 51.2 cm³/mol. The summed E-state index contributed by atoms with van der Waals surface area (Å²) in [6.45, 7) is 0. The van der Waals surface area contributed by atoms with Gasteiger partial charge in [0.15, 0.2) is 0 Å². The van der Waals surface area contributed by atoms with Gasteiger partial charge in [-0.3, -0.25) is 4.68 Å². The first-order valence-electron chi connectivity index (χ1n) is 3.90. The Morgan fingerprint density at radius 3 is 3.00 bits per heavy atom. The molecular weight excluding hydrogens is 172 g/mol. The molecule has 0 amide bonds. The first-order chi connectivity index (χ1) is 5.75. The Hall–Kier alpha value is -0.480. The molecule has 0 fully saturated rings. The lowest BCUT2D eigenvalue weighted by atomic mass is 10.2. The molecular formula is C8H14N2OS. The van der Waals surface area contributed by atoms with Crippen LogP contribution in [-0.2, 0) is 7.05 Å². The highest BCUT2D eigenvalue weighted by atomic mass is 32.2. The van der Waals surface area contributed by atoms with Crippen LogP contribution in [-0.4, -0.2) is 26.9 Å². The summed E-state index contributed by atoms with van der Waals surface area (Å²) in [6, 6.07) is 1.85. The van der Waals surface area contributed by atoms with Crippen LogP contribution in [0.15, 0.2) is 12.3 Å². The third-order valence-electron chi connectivity index (χ3n) is 1.80. The largest absolute Gasteiger partial charge is 0.387 e. The molecule has 3 nitrogen and oxygen atoms in total. The smallest absolute Gasteiger partial charge is 0.0964 e. The molecule has 0 radical (unpaired) electrons. The topological polar surface area (TPSA) is 38.1 Å². The van der Waals surface area contributed by atoms with Crippen molar-refractivity contribution in [2.24, 2.45) is 7.05 Å². The quantitative estimate of drug-likeness (QED) is 0.768. The molecule has 0 saturated heterocycles. The highest BCUT2D eigenvalue weighted by Gasteiger charge is 2.09. The zero-order valence-electron chi connectivity index (χ0n) is 7.40. The molecule has 0 aliphatic rings. The second-order valence-corrected chi connectivity index (χ2v) is 3.66. The Labute approximate surface area is 76.8 Å². The summed E-state index contributed by atoms with van der Waals surface area (Å²) in [5.74, 6) is 0.979. The van der Waals surface area contributed by atoms with Crippen LogP contribution in [0.1, 0.15) is 18.2 Å². The molecule has 4 heteroatoms. The molecule has 0 aromatic carbocycles. The summed E-state index contributed by atoms with van der Waals surface area (Å²) in [6.07, 6.45) is 4.17. The van der Waals surface area contributed by atoms with Gasteiger partial charge in [-0.1, -0.05) is 0 Å². The first kappa shape index (κ1) is 9.61. The van der Waals surface area contributed by atoms with Crippen molar-refractivity contribution in [1.29, 1.82) is 0 Å². The number of aryl methyl sites for hydroxylation is 1. The van der Waals surface area contributed by atoms with Gasteiger partial charge in [-0.05, 0) is 24.5 Å². The van der Waals surface area contributed by atoms with Crippen LogP contribution in [0, 0.1) is 0 Å². The van der Waals surface area contributed by atoms with E-state index in [0.717, 1.165) is 17.9 Å². The molecule has 1 rings (SSSR count). The fraction of sp³-hybridized carbons (Fsp3) is 0.625. The predicted octanol–water partition coefficient (Wildman–Crippen LogP) is 1.21. The van der Waals surface area contributed by atoms with E-state index in [2.05, 4.69) is 5.10 Å². The lowest BCUT2D eigenvalue weighted by Gasteiger charge is -2.09. The van der Waals surface area contributed by atoms with Gasteiger partial charge in [-0.15, -0.1) is 0 Å². The fourth-order valence-corrected chi connectivity index (χ4v) is 1.55. The highest BCUT2D eigenvalue weighted by molar-refractivity contribution is 7.98. The molecule has 0 aliphatic carbocycles. The summed E-state index contributed by atoms with van der Waals surface area (Å²) in [5, 5.41) is 13.6. The Bertz CT molecular complexity index is 237. The van der Waals surface area contributed by atoms with Gasteiger partial charge in [0.05, 0.1) is 11.8 Å². The molecule has 0 spiro atoms. The number of hydrogen-bond acceptors (Lipinski definition) is 3. The van der Waals surface area contributed by atoms with E-state index in [1.54, 1.807) is 22.6 Å². The van der Waals surface area contributed by atoms with Crippen molar-refractivity contribution in [1.82, 2.24) is 9.78 Å². The number of aliphatic hydroxyl groups excluding tert-OH is 1. The molecule has 1 aromatic rings. The van der Waals surface area contributed by atoms with Crippen molar-refractivity contribution < 1.29 is 5.11 Å². The van der Waals surface area contributed by atoms with Crippen molar-refractivity contribution in [2.45, 2.75) is 12.5 Å². The molecule has 1 atom stereocenters. The minimum absolute atomic E-state index is 0.370. The SMILES string of the molecule is CSCCC(O)c1ccnn1C. The summed E-state index contributed by atoms with van der Waals surface area (Å²) in [4.78, 5) is 0. The zero-order valence-corrected chi connectivity index (χ0v) is 8.21. The van der Waals surface area contributed by atoms with Crippen molar-refractivity contribution in [3.8, 4) is 0 Å². The average molecular weight is 186 g/mol. The number of hydrogen-bond donors (Lipinski definition) is 1. The van der Waals surface area contributed by atoms with Crippen LogP contribution in [0.3, 0.4) is 0 Å². The number of rotatable bonds is 4. The van der Waals surface area contributed by atoms with Gasteiger partial charge in [0.1, 0.15) is 0 Å². The monoisotopic (exact) mass is 186 g/mol. The maximum atomic E-state index is 9.65. The summed E-state index contributed by atoms with van der Waals surface area (Å²) in [7, 11) is 1.84. The third kappa shape index (κ3) is 2.25. The zero-order chi connectivity index (χ0) is 8.97. The summed E-state index contributed by atoms with van der Waals surface area (Å²) >= 11 is 1.74. The lowest BCUT2D eigenvalue weighted by molar-refractivity contribution is 0.165. The molecule has 0 aliphatic heterocycles. The fourth-order valence-electron chi connectivity index (χ4n) is 1.09. The normalized spacial score (nSPS) is 13.2. The minimum Gasteiger partial charge on any atom is -0.387 e. The molecule has 0 bridgehead atoms. The van der Waals surface area contributed by atoms with Crippen LogP contribution in [0.5, 0.6) is 0 Å². The van der Waals surface area contributed by atoms with Gasteiger partial charge in [-0.2, -0.15) is 16.9 Å². The van der Waals surface area contributed by atoms with Gasteiger partial charge in [0.25, 0.3) is 0 Å². The van der Waals surface area contributed by atoms with Crippen LogP contribution >= 0.6 is 11.8 Å². The second-order valence-electron chi connectivity index (χ2n) is 2.68. The van der Waals surface area contributed by atoms with Crippen molar-refractivity contribution in [3.63, 3.8) is 0 Å². The number of thioether (sulfide) groups is 1. The standard InChI is InChI=1S/C8H14N2OS/c1-10-7(3-5-9-10)8(11)4-6-12-2/h3,5,8,11H,4,6H2,1-2H3. The highest BCUT2D eigenvalue weighted by Crippen LogP contribution is 2.16. The third-order valence-corrected chi connectivity index (χ3v) is 2.44. The van der Waals surface area contributed by atoms with Crippen LogP contribution in [0.2, 0.25) is 0 Å². The van der Waals surface area contributed by atoms with E-state index < -0.39 is 0 Å². The van der Waals surface area contributed by atoms with E-state index in [1.807, 2.05) is 19.4 Å². The number of nitrogens with zero attached hydrogens (tertiary/aromatic N) is 2. The van der Waals surface area contributed by atoms with E-state index in [4.69, 9.17) is 0 Å². The Balaban J connectivity index is 2.52. The van der Waals surface area contributed by atoms with Gasteiger partial charge in [0, 0.05) is 13.2 Å². The molecule has 1 unspecified atom stereocenters. The van der Waals surface area contributed by atoms with Crippen molar-refractivity contribution in [2.75, 3.05) is 12.0 Å². The van der Waals surface area contributed by atoms with E-state index in [9.17, 15) is 5.11 Å². The Morgan fingerprint density at radius 1 is 1.75 bits per heavy atom. The average Bonchev–Trinajstić information content (AvgIpc) is 2.47. The van der Waals surface area contributed by atoms with E-state index in [1.165, 1.54) is 0 Å². The number of aliphatic hydroxyl groups is 1. The number of aromatic nitrogens is 2. The molecule has 1 heterocycles. The summed E-state index contributed by atoms with van der Waals surface area (Å²) in [5.41, 5.74) is 0.893. The van der Waals surface area contributed by atoms with E-state index >= 15 is 0 Å². The van der Waals surface area contributed by atoms with Crippen molar-refractivity contribution in [3.05, 3.63) is 18.0 Å². The first-order valence-corrected chi connectivity index (χ1v) is 5.30. The molecule has 1 N–H and O–H groups in total. The van der Waals surface area contributed by atoms with E-state index in [0.29, 0.717) is 0 Å². The van der Waals surface area contributed by atoms with Gasteiger partial charge in [-0.25, -0.2) is 0 Å². The molecule has 1 aromatic heterocycles.